The zero-order valence-electron chi connectivity index (χ0n) is 28.4. The van der Waals surface area contributed by atoms with E-state index in [1.165, 1.54) is 25.7 Å². The third-order valence-corrected chi connectivity index (χ3v) is 8.15. The summed E-state index contributed by atoms with van der Waals surface area (Å²) in [4.78, 5) is 46.4. The maximum Gasteiger partial charge on any atom is 0.305 e. The SMILES string of the molecule is CCCCCCNc1ccc(-c2cnc(-c3ccc(C[C@H](NC(=O)c4ccc(C(C)(C)C)cc4)C(=O)NCCC(=O)O)cc3)nc2)cc1. The van der Waals surface area contributed by atoms with Crippen LogP contribution < -0.4 is 16.0 Å². The average Bonchev–Trinajstić information content (AvgIpc) is 3.08. The second kappa shape index (κ2) is 17.2. The number of nitrogens with zero attached hydrogens (tertiary/aromatic N) is 2. The van der Waals surface area contributed by atoms with Crippen molar-refractivity contribution in [1.82, 2.24) is 20.6 Å². The van der Waals surface area contributed by atoms with Crippen LogP contribution in [0, 0.1) is 0 Å². The number of amides is 2. The second-order valence-electron chi connectivity index (χ2n) is 13.0. The molecule has 9 heteroatoms. The van der Waals surface area contributed by atoms with Crippen LogP contribution in [-0.4, -0.2) is 52.0 Å². The minimum absolute atomic E-state index is 0.0345. The van der Waals surface area contributed by atoms with E-state index in [0.29, 0.717) is 11.4 Å². The molecule has 0 saturated heterocycles. The molecule has 3 aromatic carbocycles. The molecule has 0 saturated carbocycles. The third kappa shape index (κ3) is 10.8. The lowest BCUT2D eigenvalue weighted by atomic mass is 9.86. The molecule has 0 aliphatic carbocycles. The fourth-order valence-corrected chi connectivity index (χ4v) is 5.21. The van der Waals surface area contributed by atoms with Gasteiger partial charge in [-0.3, -0.25) is 14.4 Å². The first kappa shape index (κ1) is 35.8. The fraction of sp³-hybridized carbons (Fsp3) is 0.359. The Hall–Kier alpha value is -5.05. The molecule has 1 heterocycles. The number of carbonyl (C=O) groups excluding carboxylic acids is 2. The first-order chi connectivity index (χ1) is 23.0. The molecule has 252 valence electrons. The second-order valence-corrected chi connectivity index (χ2v) is 13.0. The Labute approximate surface area is 283 Å². The van der Waals surface area contributed by atoms with E-state index in [4.69, 9.17) is 5.11 Å². The van der Waals surface area contributed by atoms with Gasteiger partial charge < -0.3 is 21.1 Å². The molecule has 0 bridgehead atoms. The lowest BCUT2D eigenvalue weighted by Gasteiger charge is -2.20. The Balaban J connectivity index is 1.40. The maximum absolute atomic E-state index is 13.1. The van der Waals surface area contributed by atoms with Crippen LogP contribution in [-0.2, 0) is 21.4 Å². The molecule has 0 aliphatic rings. The molecule has 0 unspecified atom stereocenters. The predicted octanol–water partition coefficient (Wildman–Crippen LogP) is 7.03. The van der Waals surface area contributed by atoms with Crippen molar-refractivity contribution in [2.24, 2.45) is 0 Å². The van der Waals surface area contributed by atoms with Crippen LogP contribution in [0.25, 0.3) is 22.5 Å². The number of nitrogens with one attached hydrogen (secondary N) is 3. The molecule has 0 spiro atoms. The molecular formula is C39H47N5O4. The summed E-state index contributed by atoms with van der Waals surface area (Å²) in [6, 6.07) is 22.2. The van der Waals surface area contributed by atoms with E-state index in [1.807, 2.05) is 48.8 Å². The Morgan fingerprint density at radius 1 is 0.771 bits per heavy atom. The molecule has 2 amide bonds. The number of aromatic nitrogens is 2. The van der Waals surface area contributed by atoms with Crippen LogP contribution >= 0.6 is 0 Å². The van der Waals surface area contributed by atoms with E-state index < -0.39 is 17.9 Å². The summed E-state index contributed by atoms with van der Waals surface area (Å²) in [5.41, 5.74) is 6.16. The number of carboxylic acid groups (broad SMARTS) is 1. The van der Waals surface area contributed by atoms with Crippen LogP contribution in [0.15, 0.2) is 85.2 Å². The van der Waals surface area contributed by atoms with Gasteiger partial charge in [-0.05, 0) is 52.8 Å². The van der Waals surface area contributed by atoms with Crippen molar-refractivity contribution in [3.63, 3.8) is 0 Å². The van der Waals surface area contributed by atoms with E-state index >= 15 is 0 Å². The molecule has 0 aliphatic heterocycles. The first-order valence-corrected chi connectivity index (χ1v) is 16.7. The summed E-state index contributed by atoms with van der Waals surface area (Å²) < 4.78 is 0. The van der Waals surface area contributed by atoms with Gasteiger partial charge in [0.1, 0.15) is 6.04 Å². The van der Waals surface area contributed by atoms with E-state index in [9.17, 15) is 14.4 Å². The van der Waals surface area contributed by atoms with Crippen LogP contribution in [0.4, 0.5) is 5.69 Å². The van der Waals surface area contributed by atoms with Crippen molar-refractivity contribution < 1.29 is 19.5 Å². The normalized spacial score (nSPS) is 11.8. The van der Waals surface area contributed by atoms with Crippen molar-refractivity contribution in [2.75, 3.05) is 18.4 Å². The smallest absolute Gasteiger partial charge is 0.305 e. The van der Waals surface area contributed by atoms with Crippen LogP contribution in [0.1, 0.15) is 81.3 Å². The zero-order valence-corrected chi connectivity index (χ0v) is 28.4. The highest BCUT2D eigenvalue weighted by Crippen LogP contribution is 2.24. The number of hydrogen-bond acceptors (Lipinski definition) is 6. The Kier molecular flexibility index (Phi) is 12.8. The standard InChI is InChI=1S/C39H47N5O4/c1-5-6-7-8-22-40-33-19-15-28(16-20-33)31-25-42-36(43-26-31)29-11-9-27(10-12-29)24-34(38(48)41-23-21-35(45)46)44-37(47)30-13-17-32(18-14-30)39(2,3)4/h9-20,25-26,34,40H,5-8,21-24H2,1-4H3,(H,41,48)(H,44,47)(H,45,46)/t34-/m0/s1. The van der Waals surface area contributed by atoms with Gasteiger partial charge in [-0.25, -0.2) is 9.97 Å². The van der Waals surface area contributed by atoms with Crippen molar-refractivity contribution in [1.29, 1.82) is 0 Å². The monoisotopic (exact) mass is 649 g/mol. The summed E-state index contributed by atoms with van der Waals surface area (Å²) in [5.74, 6) is -1.27. The van der Waals surface area contributed by atoms with Crippen LogP contribution in [0.5, 0.6) is 0 Å². The van der Waals surface area contributed by atoms with Gasteiger partial charge in [0, 0.05) is 54.3 Å². The van der Waals surface area contributed by atoms with E-state index in [0.717, 1.165) is 40.0 Å². The van der Waals surface area contributed by atoms with Crippen molar-refractivity contribution >= 4 is 23.5 Å². The number of hydrogen-bond donors (Lipinski definition) is 4. The highest BCUT2D eigenvalue weighted by atomic mass is 16.4. The first-order valence-electron chi connectivity index (χ1n) is 16.7. The maximum atomic E-state index is 13.1. The quantitative estimate of drug-likeness (QED) is 0.0958. The van der Waals surface area contributed by atoms with Gasteiger partial charge in [-0.2, -0.15) is 0 Å². The number of unbranched alkanes of at least 4 members (excludes halogenated alkanes) is 3. The Morgan fingerprint density at radius 3 is 2.02 bits per heavy atom. The summed E-state index contributed by atoms with van der Waals surface area (Å²) in [6.45, 7) is 9.44. The zero-order chi connectivity index (χ0) is 34.5. The minimum atomic E-state index is -1.01. The highest BCUT2D eigenvalue weighted by molar-refractivity contribution is 5.97. The molecule has 4 N–H and O–H groups in total. The van der Waals surface area contributed by atoms with Crippen molar-refractivity contribution in [3.05, 3.63) is 102 Å². The molecule has 1 aromatic heterocycles. The lowest BCUT2D eigenvalue weighted by Crippen LogP contribution is -2.48. The molecule has 0 fully saturated rings. The van der Waals surface area contributed by atoms with Gasteiger partial charge in [0.2, 0.25) is 5.91 Å². The fourth-order valence-electron chi connectivity index (χ4n) is 5.21. The molecule has 4 rings (SSSR count). The van der Waals surface area contributed by atoms with Crippen molar-refractivity contribution in [3.8, 4) is 22.5 Å². The van der Waals surface area contributed by atoms with Gasteiger partial charge >= 0.3 is 5.97 Å². The summed E-state index contributed by atoms with van der Waals surface area (Å²) in [5, 5.41) is 17.9. The number of carbonyl (C=O) groups is 3. The largest absolute Gasteiger partial charge is 0.481 e. The number of anilines is 1. The third-order valence-electron chi connectivity index (χ3n) is 8.15. The van der Waals surface area contributed by atoms with E-state index in [2.05, 4.69) is 77.9 Å². The summed E-state index contributed by atoms with van der Waals surface area (Å²) in [6.07, 6.45) is 8.54. The number of rotatable bonds is 16. The molecule has 4 aromatic rings. The molecule has 48 heavy (non-hydrogen) atoms. The lowest BCUT2D eigenvalue weighted by molar-refractivity contribution is -0.137. The van der Waals surface area contributed by atoms with Gasteiger partial charge in [0.05, 0.1) is 6.42 Å². The number of aliphatic carboxylic acids is 1. The predicted molar refractivity (Wildman–Crippen MR) is 191 cm³/mol. The van der Waals surface area contributed by atoms with Crippen molar-refractivity contribution in [2.45, 2.75) is 77.7 Å². The number of carboxylic acids is 1. The van der Waals surface area contributed by atoms with Gasteiger partial charge in [0.15, 0.2) is 5.82 Å². The molecule has 1 atom stereocenters. The Bertz CT molecular complexity index is 1630. The average molecular weight is 650 g/mol. The van der Waals surface area contributed by atoms with Gasteiger partial charge in [0.25, 0.3) is 5.91 Å². The van der Waals surface area contributed by atoms with E-state index in [1.54, 1.807) is 12.1 Å². The minimum Gasteiger partial charge on any atom is -0.481 e. The topological polar surface area (TPSA) is 133 Å². The van der Waals surface area contributed by atoms with Crippen LogP contribution in [0.3, 0.4) is 0 Å². The van der Waals surface area contributed by atoms with Crippen LogP contribution in [0.2, 0.25) is 0 Å². The highest BCUT2D eigenvalue weighted by Gasteiger charge is 2.23. The van der Waals surface area contributed by atoms with Gasteiger partial charge in [-0.15, -0.1) is 0 Å². The Morgan fingerprint density at radius 2 is 1.42 bits per heavy atom. The van der Waals surface area contributed by atoms with Gasteiger partial charge in [-0.1, -0.05) is 95.5 Å². The summed E-state index contributed by atoms with van der Waals surface area (Å²) in [7, 11) is 0. The molecule has 0 radical (unpaired) electrons. The molecular weight excluding hydrogens is 602 g/mol. The summed E-state index contributed by atoms with van der Waals surface area (Å²) >= 11 is 0. The van der Waals surface area contributed by atoms with E-state index in [-0.39, 0.29) is 30.7 Å². The number of benzene rings is 3. The molecule has 9 nitrogen and oxygen atoms in total.